The second-order valence-electron chi connectivity index (χ2n) is 12.2. The fourth-order valence-corrected chi connectivity index (χ4v) is 5.74. The SMILES string of the molecule is COC(C)C(OP(=O)(O)OCC(CO)CCCCNC(=O)CC(C)(C)CC(C)(C)C)C(O)n1ccc(N)nc1=O. The fourth-order valence-electron chi connectivity index (χ4n) is 4.69. The first-order valence-electron chi connectivity index (χ1n) is 13.5. The van der Waals surface area contributed by atoms with Gasteiger partial charge < -0.3 is 30.9 Å². The van der Waals surface area contributed by atoms with Gasteiger partial charge in [0.1, 0.15) is 11.9 Å². The van der Waals surface area contributed by atoms with Gasteiger partial charge >= 0.3 is 13.5 Å². The average Bonchev–Trinajstić information content (AvgIpc) is 2.81. The van der Waals surface area contributed by atoms with Gasteiger partial charge in [-0.25, -0.2) is 9.36 Å². The number of aliphatic hydroxyl groups excluding tert-OH is 2. The molecule has 232 valence electrons. The number of hydrogen-bond donors (Lipinski definition) is 5. The van der Waals surface area contributed by atoms with Crippen LogP contribution in [0.1, 0.15) is 79.9 Å². The first-order chi connectivity index (χ1) is 18.4. The molecule has 1 aromatic rings. The number of nitrogens with zero attached hydrogens (tertiary/aromatic N) is 2. The summed E-state index contributed by atoms with van der Waals surface area (Å²) in [4.78, 5) is 38.3. The fraction of sp³-hybridized carbons (Fsp3) is 0.808. The van der Waals surface area contributed by atoms with E-state index in [2.05, 4.69) is 44.9 Å². The van der Waals surface area contributed by atoms with Crippen molar-refractivity contribution in [2.45, 2.75) is 92.1 Å². The molecule has 40 heavy (non-hydrogen) atoms. The van der Waals surface area contributed by atoms with Crippen LogP contribution in [0, 0.1) is 16.7 Å². The Morgan fingerprint density at radius 2 is 1.90 bits per heavy atom. The largest absolute Gasteiger partial charge is 0.472 e. The Morgan fingerprint density at radius 1 is 1.25 bits per heavy atom. The molecule has 6 N–H and O–H groups in total. The minimum atomic E-state index is -4.74. The van der Waals surface area contributed by atoms with Crippen LogP contribution in [0.2, 0.25) is 0 Å². The zero-order valence-corrected chi connectivity index (χ0v) is 25.7. The van der Waals surface area contributed by atoms with Gasteiger partial charge in [-0.1, -0.05) is 41.0 Å². The second-order valence-corrected chi connectivity index (χ2v) is 13.6. The standard InChI is InChI=1S/C26H49N4O9P/c1-18(37-7)22(23(33)30-13-11-20(27)29-24(30)34)39-40(35,36)38-16-19(15-31)10-8-9-12-28-21(32)14-26(5,6)17-25(2,3)4/h11,13,18-19,22-23,31,33H,8-10,12,14-17H2,1-7H3,(H,28,32)(H,35,36)(H2,27,29,34). The molecular formula is C26H49N4O9P. The molecule has 5 atom stereocenters. The minimum absolute atomic E-state index is 0.00583. The van der Waals surface area contributed by atoms with E-state index >= 15 is 0 Å². The van der Waals surface area contributed by atoms with E-state index in [1.165, 1.54) is 26.3 Å². The van der Waals surface area contributed by atoms with E-state index in [9.17, 15) is 29.3 Å². The zero-order chi connectivity index (χ0) is 30.7. The summed E-state index contributed by atoms with van der Waals surface area (Å²) in [7, 11) is -3.44. The average molecular weight is 593 g/mol. The third kappa shape index (κ3) is 13.7. The van der Waals surface area contributed by atoms with Crippen molar-refractivity contribution in [1.29, 1.82) is 0 Å². The number of hydrogen-bond acceptors (Lipinski definition) is 10. The second kappa shape index (κ2) is 16.0. The summed E-state index contributed by atoms with van der Waals surface area (Å²) < 4.78 is 28.9. The molecule has 0 saturated carbocycles. The number of carbonyl (C=O) groups excluding carboxylic acids is 1. The number of nitrogens with two attached hydrogens (primary N) is 1. The van der Waals surface area contributed by atoms with Gasteiger partial charge in [0.15, 0.2) is 6.23 Å². The highest BCUT2D eigenvalue weighted by Gasteiger charge is 2.37. The molecule has 1 rings (SSSR count). The van der Waals surface area contributed by atoms with Crippen LogP contribution in [-0.4, -0.2) is 69.6 Å². The lowest BCUT2D eigenvalue weighted by Crippen LogP contribution is -2.41. The number of nitrogen functional groups attached to an aromatic ring is 1. The third-order valence-corrected chi connectivity index (χ3v) is 7.25. The predicted octanol–water partition coefficient (Wildman–Crippen LogP) is 2.60. The number of amides is 1. The Balaban J connectivity index is 2.58. The number of phosphoric ester groups is 1. The molecule has 0 bridgehead atoms. The third-order valence-electron chi connectivity index (χ3n) is 6.26. The number of carbonyl (C=O) groups is 1. The number of methoxy groups -OCH3 is 1. The van der Waals surface area contributed by atoms with Crippen molar-refractivity contribution in [3.8, 4) is 0 Å². The Morgan fingerprint density at radius 3 is 2.45 bits per heavy atom. The summed E-state index contributed by atoms with van der Waals surface area (Å²) in [6, 6.07) is 1.28. The Hall–Kier alpha value is -1.86. The smallest absolute Gasteiger partial charge is 0.396 e. The number of nitrogens with one attached hydrogen (secondary N) is 1. The maximum atomic E-state index is 12.7. The number of rotatable bonds is 18. The molecule has 5 unspecified atom stereocenters. The van der Waals surface area contributed by atoms with Crippen molar-refractivity contribution in [3.05, 3.63) is 22.7 Å². The molecule has 0 radical (unpaired) electrons. The topological polar surface area (TPSA) is 195 Å². The Labute approximate surface area is 237 Å². The molecule has 1 aromatic heterocycles. The van der Waals surface area contributed by atoms with E-state index in [0.717, 1.165) is 11.0 Å². The molecule has 0 aliphatic rings. The van der Waals surface area contributed by atoms with Crippen molar-refractivity contribution < 1.29 is 38.3 Å². The van der Waals surface area contributed by atoms with Crippen molar-refractivity contribution in [2.24, 2.45) is 16.7 Å². The summed E-state index contributed by atoms with van der Waals surface area (Å²) in [6.45, 7) is 12.0. The minimum Gasteiger partial charge on any atom is -0.396 e. The number of phosphoric acid groups is 1. The monoisotopic (exact) mass is 592 g/mol. The van der Waals surface area contributed by atoms with Crippen LogP contribution >= 0.6 is 7.82 Å². The first-order valence-corrected chi connectivity index (χ1v) is 15.0. The van der Waals surface area contributed by atoms with Crippen LogP contribution in [0.4, 0.5) is 5.82 Å². The summed E-state index contributed by atoms with van der Waals surface area (Å²) in [5.41, 5.74) is 4.61. The number of ether oxygens (including phenoxy) is 1. The maximum Gasteiger partial charge on any atom is 0.472 e. The first kappa shape index (κ1) is 36.2. The van der Waals surface area contributed by atoms with Crippen LogP contribution in [0.25, 0.3) is 0 Å². The highest BCUT2D eigenvalue weighted by molar-refractivity contribution is 7.47. The van der Waals surface area contributed by atoms with E-state index in [1.54, 1.807) is 0 Å². The molecule has 0 aliphatic heterocycles. The molecule has 0 fully saturated rings. The van der Waals surface area contributed by atoms with Gasteiger partial charge in [0.2, 0.25) is 5.91 Å². The van der Waals surface area contributed by atoms with Gasteiger partial charge in [-0.15, -0.1) is 0 Å². The molecule has 1 heterocycles. The molecule has 0 aromatic carbocycles. The highest BCUT2D eigenvalue weighted by Crippen LogP contribution is 2.47. The lowest BCUT2D eigenvalue weighted by atomic mass is 9.74. The van der Waals surface area contributed by atoms with Gasteiger partial charge in [-0.05, 0) is 43.1 Å². The number of aliphatic hydroxyl groups is 2. The summed E-state index contributed by atoms with van der Waals surface area (Å²) in [5.74, 6) is -0.523. The molecule has 1 amide bonds. The summed E-state index contributed by atoms with van der Waals surface area (Å²) in [5, 5.41) is 23.3. The lowest BCUT2D eigenvalue weighted by molar-refractivity contribution is -0.123. The molecule has 0 spiro atoms. The van der Waals surface area contributed by atoms with Crippen LogP contribution in [0.15, 0.2) is 17.1 Å². The van der Waals surface area contributed by atoms with E-state index in [0.29, 0.717) is 32.2 Å². The van der Waals surface area contributed by atoms with Gasteiger partial charge in [0.25, 0.3) is 0 Å². The molecular weight excluding hydrogens is 543 g/mol. The van der Waals surface area contributed by atoms with E-state index in [-0.39, 0.29) is 35.8 Å². The van der Waals surface area contributed by atoms with E-state index < -0.39 is 37.9 Å². The van der Waals surface area contributed by atoms with Crippen molar-refractivity contribution in [2.75, 3.05) is 32.6 Å². The Kier molecular flexibility index (Phi) is 14.4. The normalized spacial score (nSPS) is 17.1. The van der Waals surface area contributed by atoms with Crippen molar-refractivity contribution in [1.82, 2.24) is 14.9 Å². The number of unbranched alkanes of at least 4 members (excludes halogenated alkanes) is 1. The quantitative estimate of drug-likeness (QED) is 0.124. The molecule has 0 saturated heterocycles. The zero-order valence-electron chi connectivity index (χ0n) is 24.8. The van der Waals surface area contributed by atoms with Gasteiger partial charge in [-0.3, -0.25) is 18.4 Å². The molecule has 13 nitrogen and oxygen atoms in total. The maximum absolute atomic E-state index is 12.7. The van der Waals surface area contributed by atoms with Crippen LogP contribution in [0.3, 0.4) is 0 Å². The van der Waals surface area contributed by atoms with Gasteiger partial charge in [0.05, 0.1) is 12.7 Å². The van der Waals surface area contributed by atoms with Gasteiger partial charge in [-0.2, -0.15) is 4.98 Å². The molecule has 0 aliphatic carbocycles. The Bertz CT molecular complexity index is 1030. The summed E-state index contributed by atoms with van der Waals surface area (Å²) >= 11 is 0. The highest BCUT2D eigenvalue weighted by atomic mass is 31.2. The van der Waals surface area contributed by atoms with Crippen LogP contribution in [-0.2, 0) is 23.1 Å². The predicted molar refractivity (Wildman–Crippen MR) is 151 cm³/mol. The number of anilines is 1. The van der Waals surface area contributed by atoms with E-state index in [1.807, 2.05) is 0 Å². The number of aromatic nitrogens is 2. The summed E-state index contributed by atoms with van der Waals surface area (Å²) in [6.07, 6.45) is 0.186. The van der Waals surface area contributed by atoms with Crippen molar-refractivity contribution in [3.63, 3.8) is 0 Å². The van der Waals surface area contributed by atoms with Crippen LogP contribution in [0.5, 0.6) is 0 Å². The molecule has 14 heteroatoms. The van der Waals surface area contributed by atoms with Crippen LogP contribution < -0.4 is 16.7 Å². The van der Waals surface area contributed by atoms with E-state index in [4.69, 9.17) is 19.5 Å². The van der Waals surface area contributed by atoms with Gasteiger partial charge in [0, 0.05) is 38.8 Å². The lowest BCUT2D eigenvalue weighted by Gasteiger charge is -2.31. The van der Waals surface area contributed by atoms with Crippen molar-refractivity contribution >= 4 is 19.5 Å².